The summed E-state index contributed by atoms with van der Waals surface area (Å²) in [5, 5.41) is 1.96. The topological polar surface area (TPSA) is 77.6 Å². The molecule has 3 aromatic heterocycles. The summed E-state index contributed by atoms with van der Waals surface area (Å²) >= 11 is 0. The van der Waals surface area contributed by atoms with Gasteiger partial charge in [-0.05, 0) is 35.4 Å². The Morgan fingerprint density at radius 1 is 0.291 bits per heavy atom. The summed E-state index contributed by atoms with van der Waals surface area (Å²) in [6.45, 7) is 0. The van der Waals surface area contributed by atoms with Gasteiger partial charge in [0.15, 0.2) is 23.3 Å². The number of fused-ring (bicyclic) bond motifs is 3. The van der Waals surface area contributed by atoms with E-state index in [-0.39, 0.29) is 0 Å². The largest absolute Gasteiger partial charge is 0.456 e. The van der Waals surface area contributed by atoms with Crippen molar-refractivity contribution < 1.29 is 4.42 Å². The fourth-order valence-electron chi connectivity index (χ4n) is 7.02. The van der Waals surface area contributed by atoms with Gasteiger partial charge in [0, 0.05) is 44.2 Å². The Bertz CT molecular complexity index is 2830. The molecule has 6 nitrogen and oxygen atoms in total. The first-order valence-electron chi connectivity index (χ1n) is 18.2. The van der Waals surface area contributed by atoms with Crippen LogP contribution in [0.4, 0.5) is 0 Å². The third-order valence-electron chi connectivity index (χ3n) is 9.78. The minimum absolute atomic E-state index is 0.592. The van der Waals surface area contributed by atoms with Gasteiger partial charge in [-0.15, -0.1) is 0 Å². The van der Waals surface area contributed by atoms with Crippen molar-refractivity contribution in [3.8, 4) is 79.2 Å². The summed E-state index contributed by atoms with van der Waals surface area (Å²) in [5.74, 6) is 2.51. The maximum absolute atomic E-state index is 6.52. The minimum Gasteiger partial charge on any atom is -0.456 e. The Labute approximate surface area is 317 Å². The van der Waals surface area contributed by atoms with Gasteiger partial charge >= 0.3 is 0 Å². The predicted molar refractivity (Wildman–Crippen MR) is 221 cm³/mol. The maximum Gasteiger partial charge on any atom is 0.164 e. The second kappa shape index (κ2) is 13.8. The molecule has 0 saturated heterocycles. The van der Waals surface area contributed by atoms with Crippen LogP contribution in [0, 0.1) is 0 Å². The monoisotopic (exact) mass is 705 g/mol. The molecule has 55 heavy (non-hydrogen) atoms. The Morgan fingerprint density at radius 2 is 0.745 bits per heavy atom. The van der Waals surface area contributed by atoms with Crippen LogP contribution in [-0.4, -0.2) is 24.9 Å². The molecule has 10 rings (SSSR count). The molecule has 10 aromatic rings. The van der Waals surface area contributed by atoms with E-state index in [4.69, 9.17) is 29.3 Å². The lowest BCUT2D eigenvalue weighted by Crippen LogP contribution is -2.00. The van der Waals surface area contributed by atoms with E-state index in [0.717, 1.165) is 77.8 Å². The Morgan fingerprint density at radius 3 is 1.31 bits per heavy atom. The first-order chi connectivity index (χ1) is 27.2. The summed E-state index contributed by atoms with van der Waals surface area (Å²) in [6.07, 6.45) is 0. The molecule has 0 unspecified atom stereocenters. The van der Waals surface area contributed by atoms with Crippen LogP contribution in [0.5, 0.6) is 0 Å². The van der Waals surface area contributed by atoms with E-state index < -0.39 is 0 Å². The van der Waals surface area contributed by atoms with E-state index >= 15 is 0 Å². The van der Waals surface area contributed by atoms with Crippen molar-refractivity contribution in [3.05, 3.63) is 188 Å². The molecule has 0 radical (unpaired) electrons. The lowest BCUT2D eigenvalue weighted by Gasteiger charge is -2.10. The molecule has 7 aromatic carbocycles. The molecular weight excluding hydrogens is 675 g/mol. The van der Waals surface area contributed by atoms with Gasteiger partial charge in [0.25, 0.3) is 0 Å². The number of hydrogen-bond acceptors (Lipinski definition) is 6. The van der Waals surface area contributed by atoms with Gasteiger partial charge in [-0.25, -0.2) is 24.9 Å². The van der Waals surface area contributed by atoms with E-state index in [1.54, 1.807) is 0 Å². The lowest BCUT2D eigenvalue weighted by molar-refractivity contribution is 0.669. The number of hydrogen-bond donors (Lipinski definition) is 0. The van der Waals surface area contributed by atoms with Crippen molar-refractivity contribution in [1.29, 1.82) is 0 Å². The van der Waals surface area contributed by atoms with Crippen molar-refractivity contribution in [2.75, 3.05) is 0 Å². The van der Waals surface area contributed by atoms with Crippen LogP contribution in [0.2, 0.25) is 0 Å². The zero-order valence-corrected chi connectivity index (χ0v) is 29.5. The molecule has 0 fully saturated rings. The van der Waals surface area contributed by atoms with Crippen LogP contribution >= 0.6 is 0 Å². The molecule has 6 heteroatoms. The van der Waals surface area contributed by atoms with Crippen molar-refractivity contribution in [3.63, 3.8) is 0 Å². The summed E-state index contributed by atoms with van der Waals surface area (Å²) in [7, 11) is 0. The van der Waals surface area contributed by atoms with E-state index in [2.05, 4.69) is 78.9 Å². The number of benzene rings is 7. The highest BCUT2D eigenvalue weighted by Crippen LogP contribution is 2.38. The fraction of sp³-hybridized carbons (Fsp3) is 0. The highest BCUT2D eigenvalue weighted by Gasteiger charge is 2.18. The van der Waals surface area contributed by atoms with E-state index in [1.807, 2.05) is 109 Å². The third kappa shape index (κ3) is 6.22. The minimum atomic E-state index is 0.592. The van der Waals surface area contributed by atoms with Gasteiger partial charge in [-0.1, -0.05) is 164 Å². The van der Waals surface area contributed by atoms with Crippen molar-refractivity contribution >= 4 is 21.9 Å². The molecule has 258 valence electrons. The molecule has 0 spiro atoms. The summed E-state index contributed by atoms with van der Waals surface area (Å²) < 4.78 is 6.52. The molecule has 0 amide bonds. The second-order valence-corrected chi connectivity index (χ2v) is 13.3. The van der Waals surface area contributed by atoms with Crippen molar-refractivity contribution in [2.24, 2.45) is 0 Å². The van der Waals surface area contributed by atoms with Gasteiger partial charge in [0.05, 0.1) is 11.4 Å². The third-order valence-corrected chi connectivity index (χ3v) is 9.78. The zero-order valence-electron chi connectivity index (χ0n) is 29.5. The Balaban J connectivity index is 1.03. The standard InChI is InChI=1S/C49H31N5O/c1-5-14-33(15-6-1)41-31-42(34-16-7-2-8-17-34)51-46(50-41)37-26-24-32(25-27-37)38-28-29-39-44(30-38)55-43-23-13-22-40(45(39)43)49-53-47(35-18-9-3-10-19-35)52-48(54-49)36-20-11-4-12-21-36/h1-31H. The molecular formula is C49H31N5O. The summed E-state index contributed by atoms with van der Waals surface area (Å²) in [4.78, 5) is 24.9. The summed E-state index contributed by atoms with van der Waals surface area (Å²) in [6, 6.07) is 63.4. The molecule has 0 N–H and O–H groups in total. The predicted octanol–water partition coefficient (Wildman–Crippen LogP) is 12.2. The number of aromatic nitrogens is 5. The molecule has 3 heterocycles. The Kier molecular flexibility index (Phi) is 8.04. The van der Waals surface area contributed by atoms with Crippen LogP contribution in [0.25, 0.3) is 101 Å². The lowest BCUT2D eigenvalue weighted by atomic mass is 10.0. The molecule has 0 bridgehead atoms. The average Bonchev–Trinajstić information content (AvgIpc) is 3.66. The second-order valence-electron chi connectivity index (χ2n) is 13.3. The Hall–Kier alpha value is -7.57. The molecule has 0 saturated carbocycles. The van der Waals surface area contributed by atoms with Gasteiger partial charge < -0.3 is 4.42 Å². The first kappa shape index (κ1) is 32.1. The van der Waals surface area contributed by atoms with Crippen LogP contribution < -0.4 is 0 Å². The van der Waals surface area contributed by atoms with Gasteiger partial charge in [-0.3, -0.25) is 0 Å². The van der Waals surface area contributed by atoms with E-state index in [9.17, 15) is 0 Å². The van der Waals surface area contributed by atoms with Crippen LogP contribution in [0.15, 0.2) is 192 Å². The molecule has 0 aliphatic rings. The quantitative estimate of drug-likeness (QED) is 0.164. The summed E-state index contributed by atoms with van der Waals surface area (Å²) in [5.41, 5.74) is 11.2. The normalized spacial score (nSPS) is 11.3. The van der Waals surface area contributed by atoms with Gasteiger partial charge in [-0.2, -0.15) is 0 Å². The van der Waals surface area contributed by atoms with Crippen molar-refractivity contribution in [2.45, 2.75) is 0 Å². The molecule has 0 atom stereocenters. The van der Waals surface area contributed by atoms with Crippen LogP contribution in [-0.2, 0) is 0 Å². The molecule has 0 aliphatic heterocycles. The zero-order chi connectivity index (χ0) is 36.6. The fourth-order valence-corrected chi connectivity index (χ4v) is 7.02. The van der Waals surface area contributed by atoms with Crippen LogP contribution in [0.1, 0.15) is 0 Å². The van der Waals surface area contributed by atoms with Gasteiger partial charge in [0.2, 0.25) is 0 Å². The van der Waals surface area contributed by atoms with Gasteiger partial charge in [0.1, 0.15) is 11.2 Å². The highest BCUT2D eigenvalue weighted by atomic mass is 16.3. The van der Waals surface area contributed by atoms with Crippen LogP contribution in [0.3, 0.4) is 0 Å². The maximum atomic E-state index is 6.52. The van der Waals surface area contributed by atoms with E-state index in [0.29, 0.717) is 23.3 Å². The number of furan rings is 1. The SMILES string of the molecule is c1ccc(-c2cc(-c3ccccc3)nc(-c3ccc(-c4ccc5c(c4)oc4cccc(-c6nc(-c7ccccc7)nc(-c7ccccc7)n6)c45)cc3)n2)cc1. The average molecular weight is 706 g/mol. The first-order valence-corrected chi connectivity index (χ1v) is 18.2. The number of rotatable bonds is 7. The molecule has 0 aliphatic carbocycles. The number of nitrogens with zero attached hydrogens (tertiary/aromatic N) is 5. The highest BCUT2D eigenvalue weighted by molar-refractivity contribution is 6.12. The smallest absolute Gasteiger partial charge is 0.164 e. The van der Waals surface area contributed by atoms with E-state index in [1.165, 1.54) is 0 Å². The van der Waals surface area contributed by atoms with Crippen molar-refractivity contribution in [1.82, 2.24) is 24.9 Å².